The smallest absolute Gasteiger partial charge is 0.279 e. The fourth-order valence-corrected chi connectivity index (χ4v) is 2.86. The van der Waals surface area contributed by atoms with Crippen LogP contribution in [0.4, 0.5) is 5.69 Å². The number of benzene rings is 1. The van der Waals surface area contributed by atoms with Gasteiger partial charge in [-0.25, -0.2) is 0 Å². The van der Waals surface area contributed by atoms with E-state index in [0.29, 0.717) is 34.9 Å². The number of nitrogens with zero attached hydrogens (tertiary/aromatic N) is 1. The van der Waals surface area contributed by atoms with E-state index in [9.17, 15) is 4.79 Å². The summed E-state index contributed by atoms with van der Waals surface area (Å²) in [6.45, 7) is 11.2. The predicted molar refractivity (Wildman–Crippen MR) is 92.6 cm³/mol. The molecule has 0 atom stereocenters. The molecule has 0 unspecified atom stereocenters. The first-order valence-electron chi connectivity index (χ1n) is 8.02. The maximum absolute atomic E-state index is 11.9. The second kappa shape index (κ2) is 9.51. The Bertz CT molecular complexity index is 558. The van der Waals surface area contributed by atoms with Gasteiger partial charge in [0.15, 0.2) is 6.54 Å². The number of anilines is 1. The molecule has 126 valence electrons. The topological polar surface area (TPSA) is 73.9 Å². The number of quaternary nitrogens is 2. The van der Waals surface area contributed by atoms with Crippen molar-refractivity contribution in [2.75, 3.05) is 25.0 Å². The van der Waals surface area contributed by atoms with Crippen molar-refractivity contribution in [3.63, 3.8) is 0 Å². The Hall–Kier alpha value is -1.61. The zero-order valence-corrected chi connectivity index (χ0v) is 15.1. The quantitative estimate of drug-likeness (QED) is 0.601. The van der Waals surface area contributed by atoms with E-state index >= 15 is 0 Å². The first kappa shape index (κ1) is 19.4. The first-order valence-corrected chi connectivity index (χ1v) is 8.39. The van der Waals surface area contributed by atoms with Gasteiger partial charge in [-0.1, -0.05) is 11.6 Å². The number of hydrogen-bond acceptors (Lipinski definition) is 2. The molecule has 0 fully saturated rings. The summed E-state index contributed by atoms with van der Waals surface area (Å²) >= 11 is 5.95. The standard InChI is InChI=1S/C17H25ClN4O/c1-12(2)22(13(3)4)8-7-20-11-17(23)21-15-6-5-14(10-19)16(18)9-15/h5-6,9,12-13,20H,7-8,11H2,1-4H3,(H,21,23)/p+2. The number of amides is 1. The second-order valence-electron chi connectivity index (χ2n) is 6.27. The van der Waals surface area contributed by atoms with E-state index in [1.54, 1.807) is 23.1 Å². The Labute approximate surface area is 143 Å². The van der Waals surface area contributed by atoms with Crippen molar-refractivity contribution in [3.05, 3.63) is 28.8 Å². The molecule has 0 heterocycles. The summed E-state index contributed by atoms with van der Waals surface area (Å²) in [6.07, 6.45) is 0. The van der Waals surface area contributed by atoms with E-state index in [1.165, 1.54) is 0 Å². The van der Waals surface area contributed by atoms with E-state index in [0.717, 1.165) is 13.1 Å². The van der Waals surface area contributed by atoms with Gasteiger partial charge in [-0.2, -0.15) is 5.26 Å². The summed E-state index contributed by atoms with van der Waals surface area (Å²) in [5.41, 5.74) is 1.02. The van der Waals surface area contributed by atoms with Gasteiger partial charge in [0.05, 0.1) is 22.7 Å². The van der Waals surface area contributed by atoms with Gasteiger partial charge in [0.25, 0.3) is 5.91 Å². The van der Waals surface area contributed by atoms with Crippen LogP contribution in [0, 0.1) is 11.3 Å². The summed E-state index contributed by atoms with van der Waals surface area (Å²) in [7, 11) is 0. The third-order valence-electron chi connectivity index (χ3n) is 3.82. The van der Waals surface area contributed by atoms with Crippen LogP contribution in [-0.2, 0) is 4.79 Å². The van der Waals surface area contributed by atoms with Crippen molar-refractivity contribution in [3.8, 4) is 6.07 Å². The number of rotatable bonds is 8. The largest absolute Gasteiger partial charge is 0.334 e. The minimum Gasteiger partial charge on any atom is -0.334 e. The lowest BCUT2D eigenvalue weighted by Crippen LogP contribution is -3.19. The molecule has 1 aromatic rings. The number of carbonyl (C=O) groups excluding carboxylic acids is 1. The monoisotopic (exact) mass is 338 g/mol. The SMILES string of the molecule is CC(C)[NH+](CC[NH2+]CC(=O)Nc1ccc(C#N)c(Cl)c1)C(C)C. The molecule has 0 aliphatic carbocycles. The van der Waals surface area contributed by atoms with Crippen LogP contribution in [0.5, 0.6) is 0 Å². The Balaban J connectivity index is 2.38. The van der Waals surface area contributed by atoms with Crippen molar-refractivity contribution < 1.29 is 15.0 Å². The number of nitrogens with one attached hydrogen (secondary N) is 2. The molecule has 0 radical (unpaired) electrons. The molecule has 0 aliphatic heterocycles. The minimum atomic E-state index is -0.0681. The van der Waals surface area contributed by atoms with E-state index in [2.05, 4.69) is 33.0 Å². The van der Waals surface area contributed by atoms with Crippen molar-refractivity contribution in [1.29, 1.82) is 5.26 Å². The summed E-state index contributed by atoms with van der Waals surface area (Å²) in [5.74, 6) is -0.0681. The number of nitriles is 1. The lowest BCUT2D eigenvalue weighted by atomic mass is 10.2. The lowest BCUT2D eigenvalue weighted by molar-refractivity contribution is -0.951. The molecule has 4 N–H and O–H groups in total. The van der Waals surface area contributed by atoms with Gasteiger partial charge in [0.1, 0.15) is 19.2 Å². The zero-order valence-electron chi connectivity index (χ0n) is 14.3. The van der Waals surface area contributed by atoms with E-state index in [-0.39, 0.29) is 5.91 Å². The van der Waals surface area contributed by atoms with Crippen LogP contribution in [0.1, 0.15) is 33.3 Å². The van der Waals surface area contributed by atoms with Gasteiger partial charge in [-0.3, -0.25) is 4.79 Å². The third-order valence-corrected chi connectivity index (χ3v) is 4.14. The number of halogens is 1. The van der Waals surface area contributed by atoms with Gasteiger partial charge < -0.3 is 15.5 Å². The van der Waals surface area contributed by atoms with E-state index in [1.807, 2.05) is 11.4 Å². The number of nitrogens with two attached hydrogens (primary N) is 1. The minimum absolute atomic E-state index is 0.0681. The van der Waals surface area contributed by atoms with Crippen molar-refractivity contribution >= 4 is 23.2 Å². The van der Waals surface area contributed by atoms with Crippen LogP contribution in [0.3, 0.4) is 0 Å². The molecule has 5 nitrogen and oxygen atoms in total. The molecular formula is C17H27ClN4O+2. The van der Waals surface area contributed by atoms with Gasteiger partial charge in [-0.05, 0) is 45.9 Å². The Morgan fingerprint density at radius 3 is 2.52 bits per heavy atom. The van der Waals surface area contributed by atoms with Crippen LogP contribution in [0.2, 0.25) is 5.02 Å². The molecule has 6 heteroatoms. The van der Waals surface area contributed by atoms with Crippen LogP contribution < -0.4 is 15.5 Å². The van der Waals surface area contributed by atoms with Crippen LogP contribution in [0.25, 0.3) is 0 Å². The maximum atomic E-state index is 11.9. The maximum Gasteiger partial charge on any atom is 0.279 e. The summed E-state index contributed by atoms with van der Waals surface area (Å²) in [4.78, 5) is 13.5. The van der Waals surface area contributed by atoms with Crippen molar-refractivity contribution in [2.24, 2.45) is 0 Å². The zero-order chi connectivity index (χ0) is 17.4. The van der Waals surface area contributed by atoms with Gasteiger partial charge in [0.2, 0.25) is 0 Å². The van der Waals surface area contributed by atoms with E-state index in [4.69, 9.17) is 16.9 Å². The Kier molecular flexibility index (Phi) is 8.04. The third kappa shape index (κ3) is 6.57. The molecule has 0 saturated heterocycles. The van der Waals surface area contributed by atoms with Crippen LogP contribution in [-0.4, -0.2) is 37.6 Å². The molecule has 0 bridgehead atoms. The number of hydrogen-bond donors (Lipinski definition) is 3. The highest BCUT2D eigenvalue weighted by molar-refractivity contribution is 6.32. The van der Waals surface area contributed by atoms with Gasteiger partial charge in [-0.15, -0.1) is 0 Å². The molecule has 1 aromatic carbocycles. The molecule has 0 aromatic heterocycles. The fourth-order valence-electron chi connectivity index (χ4n) is 2.64. The summed E-state index contributed by atoms with van der Waals surface area (Å²) in [5, 5.41) is 14.0. The van der Waals surface area contributed by atoms with Gasteiger partial charge in [0, 0.05) is 5.69 Å². The average Bonchev–Trinajstić information content (AvgIpc) is 2.46. The lowest BCUT2D eigenvalue weighted by Gasteiger charge is -2.26. The van der Waals surface area contributed by atoms with Crippen LogP contribution in [0.15, 0.2) is 18.2 Å². The van der Waals surface area contributed by atoms with Gasteiger partial charge >= 0.3 is 0 Å². The Morgan fingerprint density at radius 2 is 2.00 bits per heavy atom. The Morgan fingerprint density at radius 1 is 1.35 bits per heavy atom. The van der Waals surface area contributed by atoms with Crippen molar-refractivity contribution in [2.45, 2.75) is 39.8 Å². The molecular weight excluding hydrogens is 312 g/mol. The molecule has 23 heavy (non-hydrogen) atoms. The highest BCUT2D eigenvalue weighted by atomic mass is 35.5. The first-order chi connectivity index (χ1) is 10.8. The molecule has 1 amide bonds. The molecule has 1 rings (SSSR count). The molecule has 0 saturated carbocycles. The highest BCUT2D eigenvalue weighted by Crippen LogP contribution is 2.19. The molecule has 0 spiro atoms. The van der Waals surface area contributed by atoms with Crippen LogP contribution >= 0.6 is 11.6 Å². The van der Waals surface area contributed by atoms with E-state index < -0.39 is 0 Å². The highest BCUT2D eigenvalue weighted by Gasteiger charge is 2.17. The second-order valence-corrected chi connectivity index (χ2v) is 6.68. The number of carbonyl (C=O) groups is 1. The predicted octanol–water partition coefficient (Wildman–Crippen LogP) is 0.415. The van der Waals surface area contributed by atoms with Crippen molar-refractivity contribution in [1.82, 2.24) is 0 Å². The summed E-state index contributed by atoms with van der Waals surface area (Å²) in [6, 6.07) is 8.05. The fraction of sp³-hybridized carbons (Fsp3) is 0.529. The average molecular weight is 339 g/mol. The molecule has 0 aliphatic rings. The normalized spacial score (nSPS) is 11.1. The summed E-state index contributed by atoms with van der Waals surface area (Å²) < 4.78 is 0.